The highest BCUT2D eigenvalue weighted by atomic mass is 35.5. The Labute approximate surface area is 172 Å². The number of anilines is 1. The summed E-state index contributed by atoms with van der Waals surface area (Å²) in [5.41, 5.74) is 2.12. The Balaban J connectivity index is 1.84. The normalized spacial score (nSPS) is 10.8. The van der Waals surface area contributed by atoms with Crippen molar-refractivity contribution in [3.8, 4) is 10.4 Å². The molecule has 0 spiro atoms. The van der Waals surface area contributed by atoms with Gasteiger partial charge in [-0.1, -0.05) is 54.1 Å². The van der Waals surface area contributed by atoms with Gasteiger partial charge in [0.1, 0.15) is 5.00 Å². The maximum Gasteiger partial charge on any atom is 0.341 e. The van der Waals surface area contributed by atoms with E-state index in [4.69, 9.17) is 16.3 Å². The van der Waals surface area contributed by atoms with Crippen molar-refractivity contribution in [2.45, 2.75) is 6.92 Å². The van der Waals surface area contributed by atoms with Crippen LogP contribution >= 0.6 is 22.9 Å². The molecule has 0 radical (unpaired) electrons. The summed E-state index contributed by atoms with van der Waals surface area (Å²) in [5.74, 6) is -0.804. The van der Waals surface area contributed by atoms with Crippen LogP contribution in [0.15, 0.2) is 66.7 Å². The van der Waals surface area contributed by atoms with Gasteiger partial charge in [-0.05, 0) is 42.3 Å². The lowest BCUT2D eigenvalue weighted by Crippen LogP contribution is -2.11. The maximum absolute atomic E-state index is 12.4. The molecular weight excluding hydrogens is 394 g/mol. The predicted molar refractivity (Wildman–Crippen MR) is 115 cm³/mol. The summed E-state index contributed by atoms with van der Waals surface area (Å²) in [6, 6.07) is 18.6. The minimum Gasteiger partial charge on any atom is -0.462 e. The number of carbonyl (C=O) groups excluding carboxylic acids is 2. The molecule has 0 aliphatic rings. The zero-order chi connectivity index (χ0) is 19.9. The minimum absolute atomic E-state index is 0.261. The lowest BCUT2D eigenvalue weighted by molar-refractivity contribution is -0.111. The SMILES string of the molecule is CCOC(=O)c1cc(-c2ccccc2)sc1NC(=O)/C=C/c1cccc(Cl)c1. The van der Waals surface area contributed by atoms with Gasteiger partial charge in [-0.3, -0.25) is 4.79 Å². The Hall–Kier alpha value is -2.89. The first-order valence-electron chi connectivity index (χ1n) is 8.68. The van der Waals surface area contributed by atoms with Crippen molar-refractivity contribution in [2.75, 3.05) is 11.9 Å². The quantitative estimate of drug-likeness (QED) is 0.406. The number of benzene rings is 2. The number of nitrogens with one attached hydrogen (secondary N) is 1. The summed E-state index contributed by atoms with van der Waals surface area (Å²) in [6.07, 6.45) is 3.07. The molecule has 28 heavy (non-hydrogen) atoms. The standard InChI is InChI=1S/C22H18ClNO3S/c1-2-27-22(26)18-14-19(16-8-4-3-5-9-16)28-21(18)24-20(25)12-11-15-7-6-10-17(23)13-15/h3-14H,2H2,1H3,(H,24,25)/b12-11+. The van der Waals surface area contributed by atoms with Crippen molar-refractivity contribution in [3.05, 3.63) is 82.9 Å². The van der Waals surface area contributed by atoms with E-state index < -0.39 is 5.97 Å². The molecule has 3 aromatic rings. The first-order chi connectivity index (χ1) is 13.6. The van der Waals surface area contributed by atoms with Gasteiger partial charge >= 0.3 is 5.97 Å². The fraction of sp³-hybridized carbons (Fsp3) is 0.0909. The maximum atomic E-state index is 12.4. The van der Waals surface area contributed by atoms with Gasteiger partial charge in [-0.15, -0.1) is 11.3 Å². The number of esters is 1. The van der Waals surface area contributed by atoms with Gasteiger partial charge in [0.2, 0.25) is 5.91 Å². The summed E-state index contributed by atoms with van der Waals surface area (Å²) < 4.78 is 5.13. The van der Waals surface area contributed by atoms with Gasteiger partial charge < -0.3 is 10.1 Å². The van der Waals surface area contributed by atoms with Gasteiger partial charge in [-0.25, -0.2) is 4.79 Å². The second-order valence-electron chi connectivity index (χ2n) is 5.82. The molecule has 2 aromatic carbocycles. The van der Waals surface area contributed by atoms with E-state index >= 15 is 0 Å². The van der Waals surface area contributed by atoms with E-state index in [2.05, 4.69) is 5.32 Å². The molecule has 1 amide bonds. The third-order valence-electron chi connectivity index (χ3n) is 3.80. The van der Waals surface area contributed by atoms with Crippen molar-refractivity contribution in [3.63, 3.8) is 0 Å². The average Bonchev–Trinajstić information content (AvgIpc) is 3.11. The molecule has 0 aliphatic heterocycles. The van der Waals surface area contributed by atoms with Crippen molar-refractivity contribution in [1.82, 2.24) is 0 Å². The molecule has 0 aliphatic carbocycles. The fourth-order valence-electron chi connectivity index (χ4n) is 2.52. The monoisotopic (exact) mass is 411 g/mol. The summed E-state index contributed by atoms with van der Waals surface area (Å²) in [7, 11) is 0. The lowest BCUT2D eigenvalue weighted by Gasteiger charge is -2.03. The number of carbonyl (C=O) groups is 2. The van der Waals surface area contributed by atoms with Crippen LogP contribution in [0.25, 0.3) is 16.5 Å². The molecule has 142 valence electrons. The van der Waals surface area contributed by atoms with Crippen LogP contribution in [0.1, 0.15) is 22.8 Å². The molecule has 0 bridgehead atoms. The van der Waals surface area contributed by atoms with Crippen molar-refractivity contribution in [1.29, 1.82) is 0 Å². The first-order valence-corrected chi connectivity index (χ1v) is 9.87. The summed E-state index contributed by atoms with van der Waals surface area (Å²) in [5, 5.41) is 3.84. The van der Waals surface area contributed by atoms with Crippen LogP contribution in [-0.2, 0) is 9.53 Å². The van der Waals surface area contributed by atoms with Crippen LogP contribution in [0, 0.1) is 0 Å². The number of amides is 1. The van der Waals surface area contributed by atoms with Crippen LogP contribution in [0.5, 0.6) is 0 Å². The average molecular weight is 412 g/mol. The van der Waals surface area contributed by atoms with E-state index in [1.807, 2.05) is 42.5 Å². The van der Waals surface area contributed by atoms with E-state index in [0.717, 1.165) is 16.0 Å². The van der Waals surface area contributed by atoms with E-state index in [9.17, 15) is 9.59 Å². The van der Waals surface area contributed by atoms with Crippen LogP contribution in [-0.4, -0.2) is 18.5 Å². The fourth-order valence-corrected chi connectivity index (χ4v) is 3.78. The Morgan fingerprint density at radius 1 is 1.11 bits per heavy atom. The highest BCUT2D eigenvalue weighted by molar-refractivity contribution is 7.20. The van der Waals surface area contributed by atoms with Crippen LogP contribution in [0.3, 0.4) is 0 Å². The molecule has 0 saturated heterocycles. The molecule has 4 nitrogen and oxygen atoms in total. The smallest absolute Gasteiger partial charge is 0.341 e. The number of thiophene rings is 1. The number of rotatable bonds is 6. The van der Waals surface area contributed by atoms with Crippen molar-refractivity contribution in [2.24, 2.45) is 0 Å². The van der Waals surface area contributed by atoms with Crippen molar-refractivity contribution >= 4 is 45.9 Å². The van der Waals surface area contributed by atoms with E-state index in [1.54, 1.807) is 31.2 Å². The third-order valence-corrected chi connectivity index (χ3v) is 5.13. The molecule has 1 heterocycles. The van der Waals surface area contributed by atoms with Gasteiger partial charge in [-0.2, -0.15) is 0 Å². The molecule has 3 rings (SSSR count). The largest absolute Gasteiger partial charge is 0.462 e. The number of hydrogen-bond donors (Lipinski definition) is 1. The molecular formula is C22H18ClNO3S. The summed E-state index contributed by atoms with van der Waals surface area (Å²) >= 11 is 7.28. The second-order valence-corrected chi connectivity index (χ2v) is 7.31. The molecule has 1 aromatic heterocycles. The molecule has 0 fully saturated rings. The van der Waals surface area contributed by atoms with Crippen LogP contribution < -0.4 is 5.32 Å². The Morgan fingerprint density at radius 3 is 2.61 bits per heavy atom. The molecule has 1 N–H and O–H groups in total. The first kappa shape index (κ1) is 19.9. The number of ether oxygens (including phenoxy) is 1. The van der Waals surface area contributed by atoms with Gasteiger partial charge in [0.05, 0.1) is 12.2 Å². The summed E-state index contributed by atoms with van der Waals surface area (Å²) in [4.78, 5) is 25.6. The van der Waals surface area contributed by atoms with E-state index in [0.29, 0.717) is 15.6 Å². The van der Waals surface area contributed by atoms with Crippen LogP contribution in [0.2, 0.25) is 5.02 Å². The van der Waals surface area contributed by atoms with E-state index in [1.165, 1.54) is 17.4 Å². The zero-order valence-electron chi connectivity index (χ0n) is 15.1. The topological polar surface area (TPSA) is 55.4 Å². The Bertz CT molecular complexity index is 1010. The van der Waals surface area contributed by atoms with Gasteiger partial charge in [0, 0.05) is 16.0 Å². The molecule has 0 saturated carbocycles. The Morgan fingerprint density at radius 2 is 1.89 bits per heavy atom. The number of hydrogen-bond acceptors (Lipinski definition) is 4. The highest BCUT2D eigenvalue weighted by Crippen LogP contribution is 2.36. The predicted octanol–water partition coefficient (Wildman–Crippen LogP) is 5.90. The highest BCUT2D eigenvalue weighted by Gasteiger charge is 2.19. The van der Waals surface area contributed by atoms with Gasteiger partial charge in [0.15, 0.2) is 0 Å². The lowest BCUT2D eigenvalue weighted by atomic mass is 10.1. The zero-order valence-corrected chi connectivity index (χ0v) is 16.7. The second kappa shape index (κ2) is 9.35. The summed E-state index contributed by atoms with van der Waals surface area (Å²) in [6.45, 7) is 2.01. The third kappa shape index (κ3) is 5.09. The molecule has 0 atom stereocenters. The molecule has 0 unspecified atom stereocenters. The number of halogens is 1. The Kier molecular flexibility index (Phi) is 6.63. The van der Waals surface area contributed by atoms with Gasteiger partial charge in [0.25, 0.3) is 0 Å². The van der Waals surface area contributed by atoms with Crippen LogP contribution in [0.4, 0.5) is 5.00 Å². The van der Waals surface area contributed by atoms with E-state index in [-0.39, 0.29) is 12.5 Å². The van der Waals surface area contributed by atoms with Crippen molar-refractivity contribution < 1.29 is 14.3 Å². The minimum atomic E-state index is -0.463. The molecule has 6 heteroatoms.